The van der Waals surface area contributed by atoms with E-state index < -0.39 is 0 Å². The summed E-state index contributed by atoms with van der Waals surface area (Å²) < 4.78 is 7.59. The molecule has 1 amide bonds. The summed E-state index contributed by atoms with van der Waals surface area (Å²) in [7, 11) is 3.38. The van der Waals surface area contributed by atoms with E-state index in [0.29, 0.717) is 34.0 Å². The minimum absolute atomic E-state index is 0.141. The van der Waals surface area contributed by atoms with E-state index >= 15 is 0 Å². The maximum absolute atomic E-state index is 12.6. The van der Waals surface area contributed by atoms with Gasteiger partial charge in [0.2, 0.25) is 5.91 Å². The molecule has 2 heterocycles. The number of methoxy groups -OCH3 is 1. The molecule has 2 aromatic heterocycles. The van der Waals surface area contributed by atoms with Crippen LogP contribution in [0, 0.1) is 0 Å². The number of carbonyl (C=O) groups is 1. The van der Waals surface area contributed by atoms with Crippen LogP contribution >= 0.6 is 15.9 Å². The molecule has 1 N–H and O–H groups in total. The van der Waals surface area contributed by atoms with Crippen molar-refractivity contribution in [3.63, 3.8) is 0 Å². The number of amides is 1. The molecular weight excluding hydrogens is 400 g/mol. The number of rotatable bonds is 6. The van der Waals surface area contributed by atoms with Gasteiger partial charge in [-0.3, -0.25) is 4.79 Å². The predicted molar refractivity (Wildman–Crippen MR) is 104 cm³/mol. The van der Waals surface area contributed by atoms with Crippen molar-refractivity contribution in [1.82, 2.24) is 19.7 Å². The van der Waals surface area contributed by atoms with Gasteiger partial charge in [0.15, 0.2) is 5.65 Å². The summed E-state index contributed by atoms with van der Waals surface area (Å²) >= 11 is 3.45. The smallest absolute Gasteiger partial charge is 0.244 e. The molecule has 0 atom stereocenters. The second kappa shape index (κ2) is 7.69. The Morgan fingerprint density at radius 1 is 1.35 bits per heavy atom. The summed E-state index contributed by atoms with van der Waals surface area (Å²) in [5.41, 5.74) is 1.33. The number of aromatic nitrogens is 4. The van der Waals surface area contributed by atoms with Gasteiger partial charge in [-0.25, -0.2) is 14.6 Å². The van der Waals surface area contributed by atoms with Crippen molar-refractivity contribution in [3.8, 4) is 5.75 Å². The third-order valence-electron chi connectivity index (χ3n) is 3.95. The molecule has 0 saturated heterocycles. The van der Waals surface area contributed by atoms with E-state index in [0.717, 1.165) is 5.39 Å². The summed E-state index contributed by atoms with van der Waals surface area (Å²) in [4.78, 5) is 23.1. The molecule has 26 heavy (non-hydrogen) atoms. The average molecular weight is 419 g/mol. The number of nitrogens with one attached hydrogen (secondary N) is 1. The molecule has 9 heteroatoms. The Kier molecular flexibility index (Phi) is 5.36. The fourth-order valence-electron chi connectivity index (χ4n) is 2.71. The van der Waals surface area contributed by atoms with Crippen molar-refractivity contribution >= 4 is 44.4 Å². The molecule has 3 rings (SSSR count). The van der Waals surface area contributed by atoms with E-state index in [1.165, 1.54) is 6.33 Å². The van der Waals surface area contributed by atoms with Gasteiger partial charge in [-0.1, -0.05) is 12.1 Å². The topological polar surface area (TPSA) is 85.2 Å². The van der Waals surface area contributed by atoms with Gasteiger partial charge in [0.1, 0.15) is 22.5 Å². The predicted octanol–water partition coefficient (Wildman–Crippen LogP) is 2.60. The molecule has 0 unspecified atom stereocenters. The van der Waals surface area contributed by atoms with Crippen molar-refractivity contribution in [2.24, 2.45) is 7.05 Å². The largest absolute Gasteiger partial charge is 0.495 e. The molecule has 136 valence electrons. The number of anilines is 2. The van der Waals surface area contributed by atoms with Crippen molar-refractivity contribution in [3.05, 3.63) is 35.2 Å². The summed E-state index contributed by atoms with van der Waals surface area (Å²) in [6.07, 6.45) is 1.48. The first-order valence-electron chi connectivity index (χ1n) is 8.06. The number of likely N-dealkylation sites (N-methyl/N-ethyl adjacent to an activating group) is 1. The molecule has 0 fully saturated rings. The first-order chi connectivity index (χ1) is 12.5. The van der Waals surface area contributed by atoms with Crippen molar-refractivity contribution in [1.29, 1.82) is 0 Å². The number of para-hydroxylation sites is 2. The second-order valence-corrected chi connectivity index (χ2v) is 6.32. The van der Waals surface area contributed by atoms with E-state index in [4.69, 9.17) is 4.74 Å². The fourth-order valence-corrected chi connectivity index (χ4v) is 3.31. The molecule has 0 spiro atoms. The van der Waals surface area contributed by atoms with Gasteiger partial charge in [-0.05, 0) is 35.0 Å². The van der Waals surface area contributed by atoms with Crippen LogP contribution in [0.4, 0.5) is 11.5 Å². The van der Waals surface area contributed by atoms with Crippen LogP contribution in [0.1, 0.15) is 6.92 Å². The zero-order chi connectivity index (χ0) is 18.7. The molecule has 0 aliphatic rings. The maximum Gasteiger partial charge on any atom is 0.244 e. The lowest BCUT2D eigenvalue weighted by molar-refractivity contribution is -0.115. The molecule has 0 radical (unpaired) electrons. The molecule has 0 saturated carbocycles. The van der Waals surface area contributed by atoms with Crippen molar-refractivity contribution in [2.75, 3.05) is 30.4 Å². The molecule has 0 aliphatic carbocycles. The molecule has 3 aromatic rings. The zero-order valence-corrected chi connectivity index (χ0v) is 16.3. The van der Waals surface area contributed by atoms with Gasteiger partial charge in [0.05, 0.1) is 24.7 Å². The number of nitrogens with zero attached hydrogens (tertiary/aromatic N) is 5. The number of hydrogen-bond donors (Lipinski definition) is 1. The van der Waals surface area contributed by atoms with Crippen molar-refractivity contribution < 1.29 is 9.53 Å². The van der Waals surface area contributed by atoms with Crippen LogP contribution < -0.4 is 15.0 Å². The highest BCUT2D eigenvalue weighted by Gasteiger charge is 2.20. The van der Waals surface area contributed by atoms with Crippen molar-refractivity contribution in [2.45, 2.75) is 6.92 Å². The van der Waals surface area contributed by atoms with Crippen LogP contribution in [0.15, 0.2) is 35.2 Å². The highest BCUT2D eigenvalue weighted by atomic mass is 79.9. The number of benzene rings is 1. The van der Waals surface area contributed by atoms with Crippen LogP contribution in [0.25, 0.3) is 11.0 Å². The molecule has 8 nitrogen and oxygen atoms in total. The van der Waals surface area contributed by atoms with Gasteiger partial charge in [-0.15, -0.1) is 0 Å². The lowest BCUT2D eigenvalue weighted by Gasteiger charge is -2.22. The van der Waals surface area contributed by atoms with E-state index in [9.17, 15) is 4.79 Å². The number of hydrogen-bond acceptors (Lipinski definition) is 6. The number of aryl methyl sites for hydroxylation is 1. The highest BCUT2D eigenvalue weighted by Crippen LogP contribution is 2.29. The Morgan fingerprint density at radius 3 is 2.85 bits per heavy atom. The quantitative estimate of drug-likeness (QED) is 0.661. The van der Waals surface area contributed by atoms with Gasteiger partial charge in [0, 0.05) is 13.6 Å². The number of fused-ring (bicyclic) bond motifs is 1. The number of halogens is 1. The van der Waals surface area contributed by atoms with Gasteiger partial charge in [0.25, 0.3) is 0 Å². The van der Waals surface area contributed by atoms with E-state index in [1.54, 1.807) is 23.9 Å². The Bertz CT molecular complexity index is 942. The monoisotopic (exact) mass is 418 g/mol. The van der Waals surface area contributed by atoms with E-state index in [-0.39, 0.29) is 12.5 Å². The minimum Gasteiger partial charge on any atom is -0.495 e. The summed E-state index contributed by atoms with van der Waals surface area (Å²) in [5, 5.41) is 7.99. The Labute approximate surface area is 159 Å². The fraction of sp³-hybridized carbons (Fsp3) is 0.294. The third-order valence-corrected chi connectivity index (χ3v) is 4.51. The Balaban J connectivity index is 1.85. The number of carbonyl (C=O) groups excluding carboxylic acids is 1. The summed E-state index contributed by atoms with van der Waals surface area (Å²) in [5.74, 6) is 1.11. The molecule has 1 aromatic carbocycles. The minimum atomic E-state index is -0.164. The van der Waals surface area contributed by atoms with E-state index in [1.807, 2.05) is 31.0 Å². The Morgan fingerprint density at radius 2 is 2.12 bits per heavy atom. The zero-order valence-electron chi connectivity index (χ0n) is 14.7. The average Bonchev–Trinajstić information content (AvgIpc) is 2.94. The summed E-state index contributed by atoms with van der Waals surface area (Å²) in [6.45, 7) is 2.71. The van der Waals surface area contributed by atoms with Gasteiger partial charge >= 0.3 is 0 Å². The lowest BCUT2D eigenvalue weighted by Crippen LogP contribution is -2.34. The van der Waals surface area contributed by atoms with Gasteiger partial charge in [-0.2, -0.15) is 5.10 Å². The van der Waals surface area contributed by atoms with Crippen LogP contribution in [0.3, 0.4) is 0 Å². The highest BCUT2D eigenvalue weighted by molar-refractivity contribution is 9.10. The van der Waals surface area contributed by atoms with Crippen LogP contribution in [-0.2, 0) is 11.8 Å². The Hall–Kier alpha value is -2.68. The van der Waals surface area contributed by atoms with Gasteiger partial charge < -0.3 is 15.0 Å². The third kappa shape index (κ3) is 3.48. The molecule has 0 bridgehead atoms. The normalized spacial score (nSPS) is 10.8. The standard InChI is InChI=1S/C17H19BrN6O2/c1-4-24(9-13(25)21-11-7-5-6-8-12(11)26-3)17-14-15(18)22-23(2)16(14)19-10-20-17/h5-8,10H,4,9H2,1-3H3,(H,21,25). The van der Waals surface area contributed by atoms with Crippen LogP contribution in [0.2, 0.25) is 0 Å². The first kappa shape index (κ1) is 18.1. The van der Waals surface area contributed by atoms with E-state index in [2.05, 4.69) is 36.3 Å². The number of ether oxygens (including phenoxy) is 1. The SMILES string of the molecule is CCN(CC(=O)Nc1ccccc1OC)c1ncnc2c1c(Br)nn2C. The summed E-state index contributed by atoms with van der Waals surface area (Å²) in [6, 6.07) is 7.29. The maximum atomic E-state index is 12.6. The van der Waals surface area contributed by atoms with Crippen LogP contribution in [0.5, 0.6) is 5.75 Å². The van der Waals surface area contributed by atoms with Crippen LogP contribution in [-0.4, -0.2) is 45.9 Å². The second-order valence-electron chi connectivity index (χ2n) is 5.57. The first-order valence-corrected chi connectivity index (χ1v) is 8.85. The molecule has 0 aliphatic heterocycles. The molecular formula is C17H19BrN6O2. The lowest BCUT2D eigenvalue weighted by atomic mass is 10.3.